The number of Topliss-reactive ketones (excluding diaryl/α,β-unsaturated/α-hetero) is 1. The van der Waals surface area contributed by atoms with E-state index in [-0.39, 0.29) is 18.3 Å². The number of ketones is 1. The second kappa shape index (κ2) is 9.85. The fourth-order valence-corrected chi connectivity index (χ4v) is 7.01. The average Bonchev–Trinajstić information content (AvgIpc) is 3.48. The van der Waals surface area contributed by atoms with Crippen molar-refractivity contribution in [3.8, 4) is 0 Å². The van der Waals surface area contributed by atoms with Crippen LogP contribution >= 0.6 is 0 Å². The van der Waals surface area contributed by atoms with Gasteiger partial charge in [-0.15, -0.1) is 0 Å². The normalized spacial score (nSPS) is 39.7. The number of rotatable bonds is 3. The Morgan fingerprint density at radius 2 is 1.91 bits per heavy atom. The van der Waals surface area contributed by atoms with Gasteiger partial charge < -0.3 is 30.1 Å². The summed E-state index contributed by atoms with van der Waals surface area (Å²) in [5, 5.41) is 36.4. The Balaban J connectivity index is 0.000000514. The minimum Gasteiger partial charge on any atom is -0.504 e. The quantitative estimate of drug-likeness (QED) is 0.483. The van der Waals surface area contributed by atoms with Gasteiger partial charge in [-0.05, 0) is 70.0 Å². The van der Waals surface area contributed by atoms with Crippen LogP contribution in [0.3, 0.4) is 0 Å². The molecule has 0 aromatic rings. The van der Waals surface area contributed by atoms with Crippen molar-refractivity contribution in [2.24, 2.45) is 16.7 Å². The van der Waals surface area contributed by atoms with Crippen LogP contribution in [-0.2, 0) is 14.3 Å². The molecule has 0 aromatic carbocycles. The molecule has 35 heavy (non-hydrogen) atoms. The smallest absolute Gasteiger partial charge is 0.224 e. The highest BCUT2D eigenvalue weighted by Gasteiger charge is 2.62. The van der Waals surface area contributed by atoms with Crippen molar-refractivity contribution in [2.45, 2.75) is 77.6 Å². The molecule has 0 aromatic heterocycles. The monoisotopic (exact) mass is 487 g/mol. The predicted molar refractivity (Wildman–Crippen MR) is 134 cm³/mol. The van der Waals surface area contributed by atoms with E-state index < -0.39 is 34.9 Å². The number of carbonyl (C=O) groups excluding carboxylic acids is 1. The molecular formula is C28H41NO6. The van der Waals surface area contributed by atoms with Crippen LogP contribution in [0.1, 0.15) is 59.3 Å². The largest absolute Gasteiger partial charge is 0.504 e. The molecule has 2 aliphatic heterocycles. The lowest BCUT2D eigenvalue weighted by Gasteiger charge is -2.54. The van der Waals surface area contributed by atoms with Crippen LogP contribution < -0.4 is 5.32 Å². The van der Waals surface area contributed by atoms with E-state index in [1.807, 2.05) is 26.8 Å². The number of hydrogen-bond acceptors (Lipinski definition) is 7. The molecule has 0 radical (unpaired) electrons. The molecule has 1 saturated carbocycles. The van der Waals surface area contributed by atoms with Crippen molar-refractivity contribution < 1.29 is 29.6 Å². The van der Waals surface area contributed by atoms with Gasteiger partial charge in [0.2, 0.25) is 5.78 Å². The molecule has 0 amide bonds. The summed E-state index contributed by atoms with van der Waals surface area (Å²) in [6.07, 6.45) is 4.86. The van der Waals surface area contributed by atoms with Crippen molar-refractivity contribution in [3.63, 3.8) is 0 Å². The summed E-state index contributed by atoms with van der Waals surface area (Å²) in [6, 6.07) is 0. The van der Waals surface area contributed by atoms with Gasteiger partial charge in [-0.1, -0.05) is 26.5 Å². The predicted octanol–water partition coefficient (Wildman–Crippen LogP) is 3.49. The number of aliphatic hydroxyl groups excluding tert-OH is 3. The minimum atomic E-state index is -0.945. The zero-order chi connectivity index (χ0) is 25.5. The number of hydrogen-bond donors (Lipinski definition) is 4. The fraction of sp³-hybridized carbons (Fsp3) is 0.679. The summed E-state index contributed by atoms with van der Waals surface area (Å²) in [5.74, 6) is -0.583. The highest BCUT2D eigenvalue weighted by atomic mass is 16.5. The highest BCUT2D eigenvalue weighted by molar-refractivity contribution is 6.11. The molecule has 6 unspecified atom stereocenters. The van der Waals surface area contributed by atoms with Crippen molar-refractivity contribution in [3.05, 3.63) is 46.5 Å². The number of carbonyl (C=O) groups is 1. The lowest BCUT2D eigenvalue weighted by molar-refractivity contribution is -0.118. The first-order valence-corrected chi connectivity index (χ1v) is 13.0. The Bertz CT molecular complexity index is 968. The molecule has 3 fully saturated rings. The molecule has 2 saturated heterocycles. The molecule has 0 bridgehead atoms. The Hall–Kier alpha value is -1.93. The Morgan fingerprint density at radius 1 is 1.23 bits per heavy atom. The van der Waals surface area contributed by atoms with E-state index in [0.29, 0.717) is 53.7 Å². The number of nitrogens with one attached hydrogen (secondary N) is 1. The van der Waals surface area contributed by atoms with Crippen LogP contribution in [-0.4, -0.2) is 66.2 Å². The standard InChI is InChI=1S/C24H32O6.C4H9N/c1-6-7-13-12(2)30-17(11-29-5)24(4)19(13)22(28)21(27)18-14-8-9-16(26)23(14,3)10-15(25)20(18)24;1-2-4-5-3-1/h7,14-17,25-26,28H,2,6,8-11H2,1,3-5H3;5H,1-4H2/b13-7-;. The zero-order valence-corrected chi connectivity index (χ0v) is 21.5. The van der Waals surface area contributed by atoms with Gasteiger partial charge in [0.05, 0.1) is 24.2 Å². The number of ether oxygens (including phenoxy) is 2. The van der Waals surface area contributed by atoms with Crippen molar-refractivity contribution in [1.82, 2.24) is 5.32 Å². The maximum absolute atomic E-state index is 13.5. The average molecular weight is 488 g/mol. The van der Waals surface area contributed by atoms with E-state index in [1.165, 1.54) is 25.9 Å². The van der Waals surface area contributed by atoms with Gasteiger partial charge in [0, 0.05) is 29.2 Å². The number of aliphatic hydroxyl groups is 3. The molecule has 7 heteroatoms. The summed E-state index contributed by atoms with van der Waals surface area (Å²) in [4.78, 5) is 13.5. The minimum absolute atomic E-state index is 0.216. The van der Waals surface area contributed by atoms with Gasteiger partial charge in [0.25, 0.3) is 0 Å². The molecule has 6 atom stereocenters. The number of allylic oxidation sites excluding steroid dienone is 3. The summed E-state index contributed by atoms with van der Waals surface area (Å²) in [7, 11) is 1.57. The van der Waals surface area contributed by atoms with Crippen LogP contribution in [0.25, 0.3) is 0 Å². The lowest BCUT2D eigenvalue weighted by atomic mass is 9.53. The van der Waals surface area contributed by atoms with Gasteiger partial charge in [0.1, 0.15) is 11.9 Å². The first-order chi connectivity index (χ1) is 16.6. The molecule has 5 rings (SSSR count). The van der Waals surface area contributed by atoms with Crippen molar-refractivity contribution in [1.29, 1.82) is 0 Å². The summed E-state index contributed by atoms with van der Waals surface area (Å²) in [6.45, 7) is 12.5. The van der Waals surface area contributed by atoms with E-state index in [0.717, 1.165) is 0 Å². The fourth-order valence-electron chi connectivity index (χ4n) is 7.01. The lowest BCUT2D eigenvalue weighted by Crippen LogP contribution is -2.55. The Kier molecular flexibility index (Phi) is 7.36. The molecule has 5 aliphatic rings. The maximum Gasteiger partial charge on any atom is 0.224 e. The summed E-state index contributed by atoms with van der Waals surface area (Å²) >= 11 is 0. The second-order valence-corrected chi connectivity index (χ2v) is 10.9. The topological polar surface area (TPSA) is 108 Å². The van der Waals surface area contributed by atoms with Crippen molar-refractivity contribution >= 4 is 5.78 Å². The van der Waals surface area contributed by atoms with Crippen LogP contribution in [0.15, 0.2) is 46.5 Å². The third-order valence-electron chi connectivity index (χ3n) is 8.85. The zero-order valence-electron chi connectivity index (χ0n) is 21.5. The van der Waals surface area contributed by atoms with Gasteiger partial charge in [-0.2, -0.15) is 0 Å². The van der Waals surface area contributed by atoms with E-state index in [2.05, 4.69) is 11.9 Å². The van der Waals surface area contributed by atoms with Gasteiger partial charge in [0.15, 0.2) is 5.76 Å². The van der Waals surface area contributed by atoms with E-state index >= 15 is 0 Å². The number of fused-ring (bicyclic) bond motifs is 4. The molecular weight excluding hydrogens is 446 g/mol. The molecule has 194 valence electrons. The van der Waals surface area contributed by atoms with Gasteiger partial charge >= 0.3 is 0 Å². The second-order valence-electron chi connectivity index (χ2n) is 10.9. The molecule has 0 spiro atoms. The first-order valence-electron chi connectivity index (χ1n) is 13.0. The Labute approximate surface area is 208 Å². The van der Waals surface area contributed by atoms with E-state index in [4.69, 9.17) is 9.47 Å². The maximum atomic E-state index is 13.5. The molecule has 4 N–H and O–H groups in total. The number of methoxy groups -OCH3 is 1. The van der Waals surface area contributed by atoms with Crippen LogP contribution in [0, 0.1) is 16.7 Å². The SMILES string of the molecule is C1CCNC1.C=C1OC(COC)C2(C)C(=C(O)C(=O)C3=C2C(O)CC2(C)C(O)CCC32)/C1=C\CC. The molecule has 3 aliphatic carbocycles. The summed E-state index contributed by atoms with van der Waals surface area (Å²) in [5.41, 5.74) is 0.585. The summed E-state index contributed by atoms with van der Waals surface area (Å²) < 4.78 is 11.6. The van der Waals surface area contributed by atoms with Gasteiger partial charge in [-0.3, -0.25) is 4.79 Å². The third-order valence-corrected chi connectivity index (χ3v) is 8.85. The first kappa shape index (κ1) is 26.1. The highest BCUT2D eigenvalue weighted by Crippen LogP contribution is 2.63. The van der Waals surface area contributed by atoms with Crippen molar-refractivity contribution in [2.75, 3.05) is 26.8 Å². The van der Waals surface area contributed by atoms with Crippen LogP contribution in [0.4, 0.5) is 0 Å². The van der Waals surface area contributed by atoms with Gasteiger partial charge in [-0.25, -0.2) is 0 Å². The van der Waals surface area contributed by atoms with E-state index in [9.17, 15) is 20.1 Å². The third kappa shape index (κ3) is 4.01. The van der Waals surface area contributed by atoms with E-state index in [1.54, 1.807) is 7.11 Å². The van der Waals surface area contributed by atoms with Crippen LogP contribution in [0.2, 0.25) is 0 Å². The van der Waals surface area contributed by atoms with Crippen LogP contribution in [0.5, 0.6) is 0 Å². The molecule has 7 nitrogen and oxygen atoms in total. The Morgan fingerprint density at radius 3 is 2.49 bits per heavy atom. The molecule has 2 heterocycles.